The topological polar surface area (TPSA) is 68.5 Å². The van der Waals surface area contributed by atoms with Crippen molar-refractivity contribution in [2.24, 2.45) is 0 Å². The van der Waals surface area contributed by atoms with Gasteiger partial charge in [-0.05, 0) is 31.2 Å². The van der Waals surface area contributed by atoms with Gasteiger partial charge in [0.15, 0.2) is 6.10 Å². The molecule has 2 rings (SSSR count). The average molecular weight is 317 g/mol. The van der Waals surface area contributed by atoms with Crippen LogP contribution in [-0.4, -0.2) is 24.5 Å². The smallest absolute Gasteiger partial charge is 0.375 e. The summed E-state index contributed by atoms with van der Waals surface area (Å²) in [6.45, 7) is 5.19. The fraction of sp³-hybridized carbons (Fsp3) is 0.176. The first kappa shape index (κ1) is 16.5. The van der Waals surface area contributed by atoms with Crippen molar-refractivity contribution in [3.63, 3.8) is 0 Å². The van der Waals surface area contributed by atoms with Crippen molar-refractivity contribution < 1.29 is 23.1 Å². The number of hydrogen-bond donors (Lipinski definition) is 1. The number of rotatable bonds is 6. The maximum atomic E-state index is 13.7. The molecule has 0 aliphatic rings. The van der Waals surface area contributed by atoms with Gasteiger partial charge in [0.1, 0.15) is 11.6 Å². The van der Waals surface area contributed by atoms with Crippen molar-refractivity contribution in [2.45, 2.75) is 13.0 Å². The van der Waals surface area contributed by atoms with Crippen LogP contribution >= 0.6 is 0 Å². The van der Waals surface area contributed by atoms with Crippen LogP contribution in [0.3, 0.4) is 0 Å². The Hall–Kier alpha value is -2.89. The van der Waals surface area contributed by atoms with E-state index in [9.17, 15) is 14.0 Å². The third-order valence-corrected chi connectivity index (χ3v) is 3.02. The van der Waals surface area contributed by atoms with Gasteiger partial charge in [-0.15, -0.1) is 6.58 Å². The van der Waals surface area contributed by atoms with Crippen LogP contribution in [-0.2, 0) is 9.53 Å². The molecule has 0 aliphatic carbocycles. The summed E-state index contributed by atoms with van der Waals surface area (Å²) >= 11 is 0. The summed E-state index contributed by atoms with van der Waals surface area (Å²) in [5.74, 6) is -1.60. The highest BCUT2D eigenvalue weighted by molar-refractivity contribution is 5.90. The number of carbonyl (C=O) groups is 2. The molecule has 0 fully saturated rings. The second-order valence-electron chi connectivity index (χ2n) is 4.73. The van der Waals surface area contributed by atoms with E-state index in [1.54, 1.807) is 12.1 Å². The number of nitrogens with one attached hydrogen (secondary N) is 1. The van der Waals surface area contributed by atoms with Crippen molar-refractivity contribution in [1.82, 2.24) is 5.32 Å². The minimum absolute atomic E-state index is 0.105. The molecule has 0 spiro atoms. The highest BCUT2D eigenvalue weighted by atomic mass is 19.1. The van der Waals surface area contributed by atoms with Gasteiger partial charge in [-0.1, -0.05) is 18.2 Å². The zero-order chi connectivity index (χ0) is 16.8. The Morgan fingerprint density at radius 3 is 2.78 bits per heavy atom. The maximum Gasteiger partial charge on any atom is 0.375 e. The standard InChI is InChI=1S/C17H16FNO4/c1-3-10-19-16(20)11(2)22-17(21)15-9-8-14(23-15)12-6-4-5-7-13(12)18/h3-9,11H,1,10H2,2H3,(H,19,20). The third kappa shape index (κ3) is 4.06. The molecule has 0 radical (unpaired) electrons. The van der Waals surface area contributed by atoms with Gasteiger partial charge in [-0.25, -0.2) is 9.18 Å². The van der Waals surface area contributed by atoms with E-state index < -0.39 is 23.8 Å². The van der Waals surface area contributed by atoms with Gasteiger partial charge in [-0.3, -0.25) is 4.79 Å². The Morgan fingerprint density at radius 2 is 2.09 bits per heavy atom. The van der Waals surface area contributed by atoms with Crippen LogP contribution in [0.15, 0.2) is 53.5 Å². The Kier molecular flexibility index (Phi) is 5.30. The summed E-state index contributed by atoms with van der Waals surface area (Å²) in [5, 5.41) is 2.51. The van der Waals surface area contributed by atoms with Crippen LogP contribution in [0, 0.1) is 5.82 Å². The molecule has 1 atom stereocenters. The minimum atomic E-state index is -0.982. The largest absolute Gasteiger partial charge is 0.449 e. The first-order valence-electron chi connectivity index (χ1n) is 6.97. The zero-order valence-corrected chi connectivity index (χ0v) is 12.5. The van der Waals surface area contributed by atoms with E-state index in [-0.39, 0.29) is 23.6 Å². The van der Waals surface area contributed by atoms with E-state index in [1.807, 2.05) is 0 Å². The zero-order valence-electron chi connectivity index (χ0n) is 12.5. The van der Waals surface area contributed by atoms with E-state index in [0.717, 1.165) is 0 Å². The van der Waals surface area contributed by atoms with Crippen LogP contribution < -0.4 is 5.32 Å². The van der Waals surface area contributed by atoms with Crippen molar-refractivity contribution in [2.75, 3.05) is 6.54 Å². The maximum absolute atomic E-state index is 13.7. The summed E-state index contributed by atoms with van der Waals surface area (Å²) in [7, 11) is 0. The minimum Gasteiger partial charge on any atom is -0.449 e. The Balaban J connectivity index is 2.05. The molecule has 120 valence electrons. The number of ether oxygens (including phenoxy) is 1. The lowest BCUT2D eigenvalue weighted by Crippen LogP contribution is -2.35. The van der Waals surface area contributed by atoms with Crippen molar-refractivity contribution >= 4 is 11.9 Å². The molecule has 6 heteroatoms. The molecule has 1 aromatic heterocycles. The van der Waals surface area contributed by atoms with Crippen LogP contribution in [0.25, 0.3) is 11.3 Å². The number of hydrogen-bond acceptors (Lipinski definition) is 4. The predicted octanol–water partition coefficient (Wildman–Crippen LogP) is 2.93. The van der Waals surface area contributed by atoms with E-state index in [4.69, 9.17) is 9.15 Å². The van der Waals surface area contributed by atoms with Crippen LogP contribution in [0.1, 0.15) is 17.5 Å². The molecule has 5 nitrogen and oxygen atoms in total. The molecular formula is C17H16FNO4. The fourth-order valence-corrected chi connectivity index (χ4v) is 1.84. The Bertz CT molecular complexity index is 723. The van der Waals surface area contributed by atoms with Gasteiger partial charge in [0, 0.05) is 6.54 Å². The molecular weight excluding hydrogens is 301 g/mol. The van der Waals surface area contributed by atoms with Gasteiger partial charge in [0.05, 0.1) is 5.56 Å². The van der Waals surface area contributed by atoms with Gasteiger partial charge in [-0.2, -0.15) is 0 Å². The number of furan rings is 1. The lowest BCUT2D eigenvalue weighted by Gasteiger charge is -2.11. The normalized spacial score (nSPS) is 11.6. The second kappa shape index (κ2) is 7.40. The predicted molar refractivity (Wildman–Crippen MR) is 82.2 cm³/mol. The molecule has 1 heterocycles. The molecule has 1 N–H and O–H groups in total. The monoisotopic (exact) mass is 317 g/mol. The van der Waals surface area contributed by atoms with Crippen molar-refractivity contribution in [1.29, 1.82) is 0 Å². The van der Waals surface area contributed by atoms with Gasteiger partial charge >= 0.3 is 5.97 Å². The highest BCUT2D eigenvalue weighted by Crippen LogP contribution is 2.25. The van der Waals surface area contributed by atoms with Crippen LogP contribution in [0.2, 0.25) is 0 Å². The first-order chi connectivity index (χ1) is 11.0. The molecule has 0 bridgehead atoms. The lowest BCUT2D eigenvalue weighted by atomic mass is 10.1. The molecule has 0 saturated carbocycles. The second-order valence-corrected chi connectivity index (χ2v) is 4.73. The SMILES string of the molecule is C=CCNC(=O)C(C)OC(=O)c1ccc(-c2ccccc2F)o1. The van der Waals surface area contributed by atoms with Crippen molar-refractivity contribution in [3.8, 4) is 11.3 Å². The molecule has 23 heavy (non-hydrogen) atoms. The summed E-state index contributed by atoms with van der Waals surface area (Å²) in [6.07, 6.45) is 0.532. The molecule has 2 aromatic rings. The van der Waals surface area contributed by atoms with Crippen LogP contribution in [0.4, 0.5) is 4.39 Å². The summed E-state index contributed by atoms with van der Waals surface area (Å²) in [6, 6.07) is 8.89. The molecule has 0 saturated heterocycles. The van der Waals surface area contributed by atoms with E-state index in [1.165, 1.54) is 37.3 Å². The molecule has 1 amide bonds. The van der Waals surface area contributed by atoms with Crippen LogP contribution in [0.5, 0.6) is 0 Å². The lowest BCUT2D eigenvalue weighted by molar-refractivity contribution is -0.128. The quantitative estimate of drug-likeness (QED) is 0.657. The number of amides is 1. The number of carbonyl (C=O) groups excluding carboxylic acids is 2. The highest BCUT2D eigenvalue weighted by Gasteiger charge is 2.21. The molecule has 1 aromatic carbocycles. The van der Waals surface area contributed by atoms with Crippen molar-refractivity contribution in [3.05, 3.63) is 60.6 Å². The summed E-state index contributed by atoms with van der Waals surface area (Å²) in [4.78, 5) is 23.6. The Labute approximate surface area is 132 Å². The number of esters is 1. The Morgan fingerprint density at radius 1 is 1.35 bits per heavy atom. The third-order valence-electron chi connectivity index (χ3n) is 3.02. The summed E-state index contributed by atoms with van der Waals surface area (Å²) in [5.41, 5.74) is 0.239. The molecule has 0 aliphatic heterocycles. The summed E-state index contributed by atoms with van der Waals surface area (Å²) < 4.78 is 24.0. The first-order valence-corrected chi connectivity index (χ1v) is 6.97. The fourth-order valence-electron chi connectivity index (χ4n) is 1.84. The van der Waals surface area contributed by atoms with Gasteiger partial charge in [0.2, 0.25) is 5.76 Å². The van der Waals surface area contributed by atoms with E-state index >= 15 is 0 Å². The van der Waals surface area contributed by atoms with E-state index in [0.29, 0.717) is 0 Å². The average Bonchev–Trinajstić information content (AvgIpc) is 3.02. The number of halogens is 1. The van der Waals surface area contributed by atoms with Gasteiger partial charge in [0.25, 0.3) is 5.91 Å². The molecule has 1 unspecified atom stereocenters. The van der Waals surface area contributed by atoms with Gasteiger partial charge < -0.3 is 14.5 Å². The number of benzene rings is 1. The van der Waals surface area contributed by atoms with E-state index in [2.05, 4.69) is 11.9 Å².